The van der Waals surface area contributed by atoms with E-state index in [2.05, 4.69) is 12.2 Å². The van der Waals surface area contributed by atoms with Crippen molar-refractivity contribution in [2.24, 2.45) is 0 Å². The normalized spacial score (nSPS) is 23.3. The molecule has 2 aliphatic heterocycles. The van der Waals surface area contributed by atoms with Crippen molar-refractivity contribution in [3.05, 3.63) is 35.4 Å². The third kappa shape index (κ3) is 2.99. The average molecular weight is 316 g/mol. The SMILES string of the molecule is CC[NH+]1CCC[C@@H]1CNC(=O)CN1C(=O)c2ccccc2C1=O. The van der Waals surface area contributed by atoms with E-state index < -0.39 is 0 Å². The first kappa shape index (κ1) is 15.7. The molecular weight excluding hydrogens is 294 g/mol. The molecule has 1 aromatic carbocycles. The number of nitrogens with one attached hydrogen (secondary N) is 2. The number of likely N-dealkylation sites (tertiary alicyclic amines) is 1. The number of likely N-dealkylation sites (N-methyl/N-ethyl adjacent to an activating group) is 1. The molecular formula is C17H22N3O3+. The van der Waals surface area contributed by atoms with Gasteiger partial charge in [-0.2, -0.15) is 0 Å². The summed E-state index contributed by atoms with van der Waals surface area (Å²) in [6.07, 6.45) is 2.29. The predicted octanol–water partition coefficient (Wildman–Crippen LogP) is -0.534. The molecule has 23 heavy (non-hydrogen) atoms. The van der Waals surface area contributed by atoms with Crippen molar-refractivity contribution in [3.8, 4) is 0 Å². The Morgan fingerprint density at radius 3 is 2.52 bits per heavy atom. The monoisotopic (exact) mass is 316 g/mol. The third-order valence-electron chi connectivity index (χ3n) is 4.81. The molecule has 2 N–H and O–H groups in total. The summed E-state index contributed by atoms with van der Waals surface area (Å²) in [5.41, 5.74) is 0.755. The fourth-order valence-corrected chi connectivity index (χ4v) is 3.51. The average Bonchev–Trinajstić information content (AvgIpc) is 3.12. The van der Waals surface area contributed by atoms with E-state index in [0.717, 1.165) is 24.4 Å². The van der Waals surface area contributed by atoms with Crippen LogP contribution >= 0.6 is 0 Å². The van der Waals surface area contributed by atoms with Gasteiger partial charge in [-0.15, -0.1) is 0 Å². The van der Waals surface area contributed by atoms with Gasteiger partial charge in [0.1, 0.15) is 12.6 Å². The minimum absolute atomic E-state index is 0.208. The van der Waals surface area contributed by atoms with Gasteiger partial charge in [0.25, 0.3) is 11.8 Å². The van der Waals surface area contributed by atoms with Crippen LogP contribution < -0.4 is 10.2 Å². The van der Waals surface area contributed by atoms with Gasteiger partial charge in [0.2, 0.25) is 5.91 Å². The van der Waals surface area contributed by atoms with Crippen LogP contribution in [0.5, 0.6) is 0 Å². The van der Waals surface area contributed by atoms with Crippen molar-refractivity contribution in [2.45, 2.75) is 25.8 Å². The van der Waals surface area contributed by atoms with Gasteiger partial charge < -0.3 is 10.2 Å². The van der Waals surface area contributed by atoms with Crippen LogP contribution in [0.3, 0.4) is 0 Å². The minimum atomic E-state index is -0.387. The number of carbonyl (C=O) groups excluding carboxylic acids is 3. The number of hydrogen-bond donors (Lipinski definition) is 2. The summed E-state index contributed by atoms with van der Waals surface area (Å²) in [6.45, 7) is 4.74. The van der Waals surface area contributed by atoms with Gasteiger partial charge in [-0.3, -0.25) is 19.3 Å². The number of hydrogen-bond acceptors (Lipinski definition) is 3. The molecule has 0 aromatic heterocycles. The summed E-state index contributed by atoms with van der Waals surface area (Å²) < 4.78 is 0. The molecule has 0 radical (unpaired) electrons. The first-order valence-corrected chi connectivity index (χ1v) is 8.18. The highest BCUT2D eigenvalue weighted by molar-refractivity contribution is 6.22. The largest absolute Gasteiger partial charge is 0.349 e. The molecule has 1 fully saturated rings. The lowest BCUT2D eigenvalue weighted by molar-refractivity contribution is -0.909. The molecule has 6 heteroatoms. The fourth-order valence-electron chi connectivity index (χ4n) is 3.51. The Morgan fingerprint density at radius 2 is 1.91 bits per heavy atom. The first-order valence-electron chi connectivity index (χ1n) is 8.18. The van der Waals surface area contributed by atoms with Crippen molar-refractivity contribution < 1.29 is 19.3 Å². The summed E-state index contributed by atoms with van der Waals surface area (Å²) in [7, 11) is 0. The smallest absolute Gasteiger partial charge is 0.262 e. The zero-order valence-electron chi connectivity index (χ0n) is 13.3. The van der Waals surface area contributed by atoms with E-state index in [9.17, 15) is 14.4 Å². The van der Waals surface area contributed by atoms with Gasteiger partial charge >= 0.3 is 0 Å². The summed E-state index contributed by atoms with van der Waals surface area (Å²) in [5.74, 6) is -1.05. The molecule has 0 spiro atoms. The van der Waals surface area contributed by atoms with Crippen molar-refractivity contribution in [3.63, 3.8) is 0 Å². The molecule has 2 heterocycles. The minimum Gasteiger partial charge on any atom is -0.349 e. The second-order valence-electron chi connectivity index (χ2n) is 6.15. The van der Waals surface area contributed by atoms with Crippen LogP contribution in [-0.2, 0) is 4.79 Å². The molecule has 2 atom stereocenters. The predicted molar refractivity (Wildman–Crippen MR) is 84.2 cm³/mol. The Bertz CT molecular complexity index is 609. The highest BCUT2D eigenvalue weighted by Gasteiger charge is 2.36. The van der Waals surface area contributed by atoms with E-state index in [1.54, 1.807) is 24.3 Å². The molecule has 3 amide bonds. The van der Waals surface area contributed by atoms with Crippen molar-refractivity contribution in [1.82, 2.24) is 10.2 Å². The molecule has 122 valence electrons. The second-order valence-corrected chi connectivity index (χ2v) is 6.15. The van der Waals surface area contributed by atoms with Crippen molar-refractivity contribution >= 4 is 17.7 Å². The van der Waals surface area contributed by atoms with Gasteiger partial charge in [0, 0.05) is 12.8 Å². The van der Waals surface area contributed by atoms with Gasteiger partial charge in [-0.25, -0.2) is 0 Å². The lowest BCUT2D eigenvalue weighted by atomic mass is 10.1. The van der Waals surface area contributed by atoms with Crippen LogP contribution in [0.15, 0.2) is 24.3 Å². The number of amides is 3. The van der Waals surface area contributed by atoms with Crippen molar-refractivity contribution in [1.29, 1.82) is 0 Å². The van der Waals surface area contributed by atoms with E-state index in [1.807, 2.05) is 0 Å². The highest BCUT2D eigenvalue weighted by Crippen LogP contribution is 2.21. The number of nitrogens with zero attached hydrogens (tertiary/aromatic N) is 1. The zero-order chi connectivity index (χ0) is 16.4. The van der Waals surface area contributed by atoms with Gasteiger partial charge in [-0.05, 0) is 19.1 Å². The molecule has 3 rings (SSSR count). The molecule has 1 saturated heterocycles. The van der Waals surface area contributed by atoms with Crippen molar-refractivity contribution in [2.75, 3.05) is 26.2 Å². The number of quaternary nitrogens is 1. The van der Waals surface area contributed by atoms with Crippen LogP contribution in [0.1, 0.15) is 40.5 Å². The number of fused-ring (bicyclic) bond motifs is 1. The number of rotatable bonds is 5. The van der Waals surface area contributed by atoms with Crippen LogP contribution in [0.4, 0.5) is 0 Å². The highest BCUT2D eigenvalue weighted by atomic mass is 16.2. The van der Waals surface area contributed by atoms with Gasteiger partial charge in [-0.1, -0.05) is 12.1 Å². The van der Waals surface area contributed by atoms with Gasteiger partial charge in [0.15, 0.2) is 0 Å². The molecule has 6 nitrogen and oxygen atoms in total. The summed E-state index contributed by atoms with van der Waals surface area (Å²) in [4.78, 5) is 39.1. The van der Waals surface area contributed by atoms with E-state index >= 15 is 0 Å². The van der Waals surface area contributed by atoms with Crippen LogP contribution in [-0.4, -0.2) is 54.8 Å². The van der Waals surface area contributed by atoms with Crippen LogP contribution in [0.25, 0.3) is 0 Å². The van der Waals surface area contributed by atoms with Crippen LogP contribution in [0.2, 0.25) is 0 Å². The van der Waals surface area contributed by atoms with E-state index in [-0.39, 0.29) is 24.3 Å². The zero-order valence-corrected chi connectivity index (χ0v) is 13.3. The summed E-state index contributed by atoms with van der Waals surface area (Å²) >= 11 is 0. The Labute approximate surface area is 135 Å². The fraction of sp³-hybridized carbons (Fsp3) is 0.471. The quantitative estimate of drug-likeness (QED) is 0.717. The Kier molecular flexibility index (Phi) is 4.43. The van der Waals surface area contributed by atoms with Gasteiger partial charge in [0.05, 0.1) is 30.8 Å². The van der Waals surface area contributed by atoms with E-state index in [4.69, 9.17) is 0 Å². The molecule has 0 bridgehead atoms. The van der Waals surface area contributed by atoms with E-state index in [1.165, 1.54) is 11.3 Å². The maximum absolute atomic E-state index is 12.2. The summed E-state index contributed by atoms with van der Waals surface area (Å²) in [5, 5.41) is 2.88. The lowest BCUT2D eigenvalue weighted by Crippen LogP contribution is -3.14. The Hall–Kier alpha value is -2.21. The number of benzene rings is 1. The standard InChI is InChI=1S/C17H21N3O3/c1-2-19-9-5-6-12(19)10-18-15(21)11-20-16(22)13-7-3-4-8-14(13)17(20)23/h3-4,7-8,12H,2,5-6,9-11H2,1H3,(H,18,21)/p+1/t12-/m1/s1. The molecule has 1 unspecified atom stereocenters. The first-order chi connectivity index (χ1) is 11.1. The molecule has 1 aromatic rings. The maximum atomic E-state index is 12.2. The van der Waals surface area contributed by atoms with E-state index in [0.29, 0.717) is 23.7 Å². The third-order valence-corrected chi connectivity index (χ3v) is 4.81. The number of carbonyl (C=O) groups is 3. The second kappa shape index (κ2) is 6.50. The number of imide groups is 1. The lowest BCUT2D eigenvalue weighted by Gasteiger charge is -2.21. The summed E-state index contributed by atoms with van der Waals surface area (Å²) in [6, 6.07) is 7.11. The molecule has 0 saturated carbocycles. The maximum Gasteiger partial charge on any atom is 0.262 e. The Morgan fingerprint density at radius 1 is 1.26 bits per heavy atom. The molecule has 0 aliphatic carbocycles. The Balaban J connectivity index is 1.57. The topological polar surface area (TPSA) is 70.9 Å². The molecule has 2 aliphatic rings. The van der Waals surface area contributed by atoms with Crippen LogP contribution in [0, 0.1) is 0 Å².